The molecule has 1 fully saturated rings. The van der Waals surface area contributed by atoms with Crippen LogP contribution in [-0.4, -0.2) is 73.6 Å². The van der Waals surface area contributed by atoms with E-state index in [-0.39, 0.29) is 24.0 Å². The highest BCUT2D eigenvalue weighted by Crippen LogP contribution is 2.33. The molecule has 2 rings (SSSR count). The lowest BCUT2D eigenvalue weighted by Crippen LogP contribution is -2.49. The molecule has 2 aliphatic heterocycles. The molecule has 0 aromatic rings. The van der Waals surface area contributed by atoms with E-state index in [0.717, 1.165) is 25.6 Å². The molecule has 1 saturated heterocycles. The third-order valence-electron chi connectivity index (χ3n) is 3.96. The Hall–Kier alpha value is 0.310. The van der Waals surface area contributed by atoms with E-state index < -0.39 is 0 Å². The van der Waals surface area contributed by atoms with Crippen LogP contribution >= 0.6 is 35.7 Å². The fourth-order valence-corrected chi connectivity index (χ4v) is 3.25. The normalized spacial score (nSPS) is 23.5. The average Bonchev–Trinajstić information content (AvgIpc) is 2.75. The predicted molar refractivity (Wildman–Crippen MR) is 91.3 cm³/mol. The van der Waals surface area contributed by atoms with Gasteiger partial charge < -0.3 is 15.1 Å². The van der Waals surface area contributed by atoms with Crippen molar-refractivity contribution in [3.63, 3.8) is 0 Å². The SMILES string of the molecule is CSC1(CNC2=NCCN2C)CCN(C)CC1.I. The lowest BCUT2D eigenvalue weighted by molar-refractivity contribution is 0.238. The Morgan fingerprint density at radius 1 is 1.28 bits per heavy atom. The third-order valence-corrected chi connectivity index (χ3v) is 5.38. The van der Waals surface area contributed by atoms with Gasteiger partial charge in [-0.2, -0.15) is 11.8 Å². The summed E-state index contributed by atoms with van der Waals surface area (Å²) in [7, 11) is 4.33. The van der Waals surface area contributed by atoms with Gasteiger partial charge in [0.2, 0.25) is 0 Å². The van der Waals surface area contributed by atoms with E-state index in [1.165, 1.54) is 25.9 Å². The molecule has 2 aliphatic rings. The summed E-state index contributed by atoms with van der Waals surface area (Å²) in [6, 6.07) is 0. The first-order valence-electron chi connectivity index (χ1n) is 6.38. The van der Waals surface area contributed by atoms with Crippen molar-refractivity contribution in [3.05, 3.63) is 0 Å². The molecular weight excluding hydrogens is 359 g/mol. The zero-order valence-corrected chi connectivity index (χ0v) is 14.8. The molecular formula is C12H25IN4S. The van der Waals surface area contributed by atoms with Gasteiger partial charge in [-0.1, -0.05) is 0 Å². The molecule has 2 heterocycles. The van der Waals surface area contributed by atoms with Crippen molar-refractivity contribution in [3.8, 4) is 0 Å². The lowest BCUT2D eigenvalue weighted by Gasteiger charge is -2.40. The van der Waals surface area contributed by atoms with Crippen molar-refractivity contribution in [2.45, 2.75) is 17.6 Å². The molecule has 0 spiro atoms. The Labute approximate surface area is 132 Å². The van der Waals surface area contributed by atoms with Crippen molar-refractivity contribution < 1.29 is 0 Å². The number of likely N-dealkylation sites (tertiary alicyclic amines) is 1. The molecule has 18 heavy (non-hydrogen) atoms. The minimum absolute atomic E-state index is 0. The van der Waals surface area contributed by atoms with Gasteiger partial charge in [0.05, 0.1) is 6.54 Å². The summed E-state index contributed by atoms with van der Waals surface area (Å²) in [6.45, 7) is 5.46. The number of guanidine groups is 1. The zero-order valence-electron chi connectivity index (χ0n) is 11.6. The zero-order chi connectivity index (χ0) is 12.3. The maximum atomic E-state index is 4.49. The lowest BCUT2D eigenvalue weighted by atomic mass is 9.96. The Morgan fingerprint density at radius 3 is 2.44 bits per heavy atom. The van der Waals surface area contributed by atoms with Gasteiger partial charge >= 0.3 is 0 Å². The number of thioether (sulfide) groups is 1. The van der Waals surface area contributed by atoms with Crippen LogP contribution in [0.3, 0.4) is 0 Å². The van der Waals surface area contributed by atoms with E-state index >= 15 is 0 Å². The topological polar surface area (TPSA) is 30.9 Å². The van der Waals surface area contributed by atoms with Gasteiger partial charge in [0.1, 0.15) is 0 Å². The first-order chi connectivity index (χ1) is 8.15. The number of hydrogen-bond donors (Lipinski definition) is 1. The molecule has 1 N–H and O–H groups in total. The highest BCUT2D eigenvalue weighted by molar-refractivity contribution is 14.0. The van der Waals surface area contributed by atoms with Crippen molar-refractivity contribution in [2.75, 3.05) is 53.1 Å². The second-order valence-electron chi connectivity index (χ2n) is 5.17. The van der Waals surface area contributed by atoms with E-state index in [1.54, 1.807) is 0 Å². The van der Waals surface area contributed by atoms with Crippen LogP contribution in [0.5, 0.6) is 0 Å². The molecule has 0 unspecified atom stereocenters. The van der Waals surface area contributed by atoms with E-state index in [2.05, 4.69) is 40.5 Å². The number of hydrogen-bond acceptors (Lipinski definition) is 5. The second kappa shape index (κ2) is 7.19. The Bertz CT molecular complexity index is 290. The highest BCUT2D eigenvalue weighted by Gasteiger charge is 2.33. The molecule has 0 bridgehead atoms. The van der Waals surface area contributed by atoms with Crippen molar-refractivity contribution in [1.29, 1.82) is 0 Å². The summed E-state index contributed by atoms with van der Waals surface area (Å²) >= 11 is 2.02. The first-order valence-corrected chi connectivity index (χ1v) is 7.61. The first kappa shape index (κ1) is 16.4. The summed E-state index contributed by atoms with van der Waals surface area (Å²) in [5.41, 5.74) is 0. The van der Waals surface area contributed by atoms with Gasteiger partial charge in [-0.25, -0.2) is 0 Å². The number of nitrogens with zero attached hydrogens (tertiary/aromatic N) is 3. The summed E-state index contributed by atoms with van der Waals surface area (Å²) in [5, 5.41) is 3.54. The van der Waals surface area contributed by atoms with Crippen LogP contribution in [0.15, 0.2) is 4.99 Å². The second-order valence-corrected chi connectivity index (χ2v) is 6.45. The van der Waals surface area contributed by atoms with Gasteiger partial charge in [0, 0.05) is 24.9 Å². The van der Waals surface area contributed by atoms with Crippen LogP contribution in [-0.2, 0) is 0 Å². The number of rotatable bonds is 3. The van der Waals surface area contributed by atoms with Crippen molar-refractivity contribution in [1.82, 2.24) is 15.1 Å². The Morgan fingerprint density at radius 2 is 1.94 bits per heavy atom. The fourth-order valence-electron chi connectivity index (χ4n) is 2.44. The van der Waals surface area contributed by atoms with Crippen molar-refractivity contribution >= 4 is 41.7 Å². The van der Waals surface area contributed by atoms with E-state index in [4.69, 9.17) is 0 Å². The van der Waals surface area contributed by atoms with E-state index in [0.29, 0.717) is 4.75 Å². The van der Waals surface area contributed by atoms with Gasteiger partial charge in [-0.05, 0) is 39.2 Å². The maximum Gasteiger partial charge on any atom is 0.193 e. The Balaban J connectivity index is 0.00000162. The molecule has 0 aromatic carbocycles. The molecule has 0 atom stereocenters. The molecule has 6 heteroatoms. The summed E-state index contributed by atoms with van der Waals surface area (Å²) in [5.74, 6) is 1.08. The molecule has 0 aromatic heterocycles. The minimum atomic E-state index is 0. The summed E-state index contributed by atoms with van der Waals surface area (Å²) < 4.78 is 0.401. The number of piperidine rings is 1. The third kappa shape index (κ3) is 3.90. The number of likely N-dealkylation sites (N-methyl/N-ethyl adjacent to an activating group) is 1. The van der Waals surface area contributed by atoms with E-state index in [9.17, 15) is 0 Å². The molecule has 4 nitrogen and oxygen atoms in total. The van der Waals surface area contributed by atoms with Crippen LogP contribution in [0.2, 0.25) is 0 Å². The summed E-state index contributed by atoms with van der Waals surface area (Å²) in [6.07, 6.45) is 4.79. The molecule has 106 valence electrons. The molecule has 0 radical (unpaired) electrons. The smallest absolute Gasteiger partial charge is 0.193 e. The molecule has 0 aliphatic carbocycles. The van der Waals surface area contributed by atoms with Crippen LogP contribution < -0.4 is 5.32 Å². The maximum absolute atomic E-state index is 4.49. The van der Waals surface area contributed by atoms with Gasteiger partial charge in [0.15, 0.2) is 5.96 Å². The van der Waals surface area contributed by atoms with Crippen molar-refractivity contribution in [2.24, 2.45) is 4.99 Å². The standard InChI is InChI=1S/C12H24N4S.HI/c1-15-7-4-12(17-3,5-8-15)10-14-11-13-6-9-16(11)2;/h4-10H2,1-3H3,(H,13,14);1H. The van der Waals surface area contributed by atoms with Gasteiger partial charge in [-0.3, -0.25) is 4.99 Å². The average molecular weight is 384 g/mol. The van der Waals surface area contributed by atoms with Crippen LogP contribution in [0.4, 0.5) is 0 Å². The number of halogens is 1. The number of aliphatic imine (C=N–C) groups is 1. The van der Waals surface area contributed by atoms with Crippen LogP contribution in [0, 0.1) is 0 Å². The predicted octanol–water partition coefficient (Wildman–Crippen LogP) is 1.32. The fraction of sp³-hybridized carbons (Fsp3) is 0.917. The molecule has 0 saturated carbocycles. The van der Waals surface area contributed by atoms with Gasteiger partial charge in [-0.15, -0.1) is 24.0 Å². The monoisotopic (exact) mass is 384 g/mol. The summed E-state index contributed by atoms with van der Waals surface area (Å²) in [4.78, 5) is 9.13. The van der Waals surface area contributed by atoms with Crippen LogP contribution in [0.25, 0.3) is 0 Å². The Kier molecular flexibility index (Phi) is 6.54. The molecule has 0 amide bonds. The minimum Gasteiger partial charge on any atom is -0.355 e. The quantitative estimate of drug-likeness (QED) is 0.744. The van der Waals surface area contributed by atoms with Gasteiger partial charge in [0.25, 0.3) is 0 Å². The largest absolute Gasteiger partial charge is 0.355 e. The van der Waals surface area contributed by atoms with Crippen LogP contribution in [0.1, 0.15) is 12.8 Å². The van der Waals surface area contributed by atoms with E-state index in [1.807, 2.05) is 11.8 Å². The number of nitrogens with one attached hydrogen (secondary N) is 1. The highest BCUT2D eigenvalue weighted by atomic mass is 127.